The lowest BCUT2D eigenvalue weighted by molar-refractivity contribution is 0.101. The highest BCUT2D eigenvalue weighted by molar-refractivity contribution is 7.89. The molecular weight excluding hydrogens is 380 g/mol. The van der Waals surface area contributed by atoms with Crippen LogP contribution in [0.3, 0.4) is 0 Å². The summed E-state index contributed by atoms with van der Waals surface area (Å²) in [6, 6.07) is 10.4. The fourth-order valence-electron chi connectivity index (χ4n) is 2.53. The van der Waals surface area contributed by atoms with Crippen molar-refractivity contribution in [3.8, 4) is 5.75 Å². The summed E-state index contributed by atoms with van der Waals surface area (Å²) in [7, 11) is -3.86. The number of anilines is 1. The largest absolute Gasteiger partial charge is 0.492 e. The second kappa shape index (κ2) is 8.99. The molecule has 0 saturated heterocycles. The summed E-state index contributed by atoms with van der Waals surface area (Å²) in [6.07, 6.45) is 0. The summed E-state index contributed by atoms with van der Waals surface area (Å²) in [5.41, 5.74) is 1.06. The van der Waals surface area contributed by atoms with Gasteiger partial charge in [0.15, 0.2) is 5.78 Å². The third-order valence-corrected chi connectivity index (χ3v) is 5.39. The standard InChI is InChI=1S/C20H24N2O5S/c1-5-27-18-10-9-16(12-19(18)28(25,26)22-13(2)3)20(24)21-17-8-6-7-15(11-17)14(4)23/h6-13,22H,5H2,1-4H3,(H,21,24). The number of sulfonamides is 1. The van der Waals surface area contributed by atoms with Crippen LogP contribution in [0, 0.1) is 0 Å². The van der Waals surface area contributed by atoms with E-state index < -0.39 is 15.9 Å². The van der Waals surface area contributed by atoms with E-state index in [4.69, 9.17) is 4.74 Å². The van der Waals surface area contributed by atoms with Gasteiger partial charge in [-0.15, -0.1) is 0 Å². The van der Waals surface area contributed by atoms with Crippen LogP contribution in [0.5, 0.6) is 5.75 Å². The van der Waals surface area contributed by atoms with E-state index in [0.717, 1.165) is 0 Å². The molecule has 7 nitrogen and oxygen atoms in total. The Morgan fingerprint density at radius 1 is 1.07 bits per heavy atom. The second-order valence-electron chi connectivity index (χ2n) is 6.46. The van der Waals surface area contributed by atoms with Crippen LogP contribution in [0.1, 0.15) is 48.4 Å². The lowest BCUT2D eigenvalue weighted by atomic mass is 10.1. The molecule has 2 rings (SSSR count). The van der Waals surface area contributed by atoms with E-state index in [-0.39, 0.29) is 34.6 Å². The summed E-state index contributed by atoms with van der Waals surface area (Å²) < 4.78 is 33.2. The minimum atomic E-state index is -3.86. The summed E-state index contributed by atoms with van der Waals surface area (Å²) in [4.78, 5) is 24.0. The third kappa shape index (κ3) is 5.40. The van der Waals surface area contributed by atoms with Gasteiger partial charge < -0.3 is 10.1 Å². The average molecular weight is 404 g/mol. The zero-order valence-corrected chi connectivity index (χ0v) is 17.1. The van der Waals surface area contributed by atoms with Crippen LogP contribution in [0.15, 0.2) is 47.4 Å². The highest BCUT2D eigenvalue weighted by atomic mass is 32.2. The molecule has 28 heavy (non-hydrogen) atoms. The van der Waals surface area contributed by atoms with E-state index in [1.807, 2.05) is 0 Å². The van der Waals surface area contributed by atoms with Crippen LogP contribution >= 0.6 is 0 Å². The van der Waals surface area contributed by atoms with Crippen molar-refractivity contribution < 1.29 is 22.7 Å². The molecule has 2 aromatic rings. The van der Waals surface area contributed by atoms with E-state index in [1.54, 1.807) is 45.0 Å². The van der Waals surface area contributed by atoms with Gasteiger partial charge in [0.1, 0.15) is 10.6 Å². The van der Waals surface area contributed by atoms with Gasteiger partial charge in [-0.2, -0.15) is 0 Å². The Hall–Kier alpha value is -2.71. The molecule has 0 radical (unpaired) electrons. The van der Waals surface area contributed by atoms with E-state index in [1.165, 1.54) is 25.1 Å². The quantitative estimate of drug-likeness (QED) is 0.658. The number of ketones is 1. The Balaban J connectivity index is 2.38. The van der Waals surface area contributed by atoms with Crippen molar-refractivity contribution in [3.63, 3.8) is 0 Å². The van der Waals surface area contributed by atoms with Crippen molar-refractivity contribution in [1.82, 2.24) is 4.72 Å². The van der Waals surface area contributed by atoms with E-state index >= 15 is 0 Å². The van der Waals surface area contributed by atoms with E-state index in [9.17, 15) is 18.0 Å². The van der Waals surface area contributed by atoms with Gasteiger partial charge in [0, 0.05) is 22.9 Å². The lowest BCUT2D eigenvalue weighted by Gasteiger charge is -2.15. The molecule has 0 heterocycles. The van der Waals surface area contributed by atoms with Crippen LogP contribution in [0.4, 0.5) is 5.69 Å². The normalized spacial score (nSPS) is 11.3. The highest BCUT2D eigenvalue weighted by Crippen LogP contribution is 2.26. The molecule has 0 bridgehead atoms. The molecule has 0 fully saturated rings. The van der Waals surface area contributed by atoms with Gasteiger partial charge in [0.2, 0.25) is 10.0 Å². The Morgan fingerprint density at radius 2 is 1.79 bits per heavy atom. The molecule has 0 aliphatic carbocycles. The number of ether oxygens (including phenoxy) is 1. The predicted octanol–water partition coefficient (Wildman–Crippen LogP) is 3.23. The predicted molar refractivity (Wildman–Crippen MR) is 107 cm³/mol. The third-order valence-electron chi connectivity index (χ3n) is 3.71. The van der Waals surface area contributed by atoms with Gasteiger partial charge in [-0.25, -0.2) is 13.1 Å². The van der Waals surface area contributed by atoms with Crippen LogP contribution < -0.4 is 14.8 Å². The first-order chi connectivity index (χ1) is 13.1. The molecule has 8 heteroatoms. The summed E-state index contributed by atoms with van der Waals surface area (Å²) in [5.74, 6) is -0.444. The van der Waals surface area contributed by atoms with Gasteiger partial charge in [-0.1, -0.05) is 12.1 Å². The van der Waals surface area contributed by atoms with Crippen molar-refractivity contribution >= 4 is 27.4 Å². The Morgan fingerprint density at radius 3 is 2.39 bits per heavy atom. The summed E-state index contributed by atoms with van der Waals surface area (Å²) >= 11 is 0. The van der Waals surface area contributed by atoms with Crippen molar-refractivity contribution in [2.24, 2.45) is 0 Å². The molecule has 0 atom stereocenters. The van der Waals surface area contributed by atoms with Gasteiger partial charge in [0.25, 0.3) is 5.91 Å². The fourth-order valence-corrected chi connectivity index (χ4v) is 3.95. The molecule has 0 aromatic heterocycles. The maximum atomic E-state index is 12.6. The minimum Gasteiger partial charge on any atom is -0.492 e. The fraction of sp³-hybridized carbons (Fsp3) is 0.300. The average Bonchev–Trinajstić information content (AvgIpc) is 2.61. The number of benzene rings is 2. The summed E-state index contributed by atoms with van der Waals surface area (Å²) in [5, 5.41) is 2.68. The monoisotopic (exact) mass is 404 g/mol. The number of hydrogen-bond acceptors (Lipinski definition) is 5. The lowest BCUT2D eigenvalue weighted by Crippen LogP contribution is -2.30. The van der Waals surface area contributed by atoms with Gasteiger partial charge in [0.05, 0.1) is 6.61 Å². The second-order valence-corrected chi connectivity index (χ2v) is 8.14. The SMILES string of the molecule is CCOc1ccc(C(=O)Nc2cccc(C(C)=O)c2)cc1S(=O)(=O)NC(C)C. The molecule has 1 amide bonds. The molecule has 2 aromatic carbocycles. The number of rotatable bonds is 8. The number of carbonyl (C=O) groups excluding carboxylic acids is 2. The maximum absolute atomic E-state index is 12.6. The minimum absolute atomic E-state index is 0.104. The Kier molecular flexibility index (Phi) is 6.93. The number of carbonyl (C=O) groups is 2. The first-order valence-electron chi connectivity index (χ1n) is 8.85. The van der Waals surface area contributed by atoms with Crippen LogP contribution in [0.2, 0.25) is 0 Å². The van der Waals surface area contributed by atoms with E-state index in [2.05, 4.69) is 10.0 Å². The molecule has 0 unspecified atom stereocenters. The molecule has 0 aliphatic heterocycles. The molecule has 0 saturated carbocycles. The van der Waals surface area contributed by atoms with Crippen molar-refractivity contribution in [3.05, 3.63) is 53.6 Å². The van der Waals surface area contributed by atoms with E-state index in [0.29, 0.717) is 11.3 Å². The topological polar surface area (TPSA) is 102 Å². The Bertz CT molecular complexity index is 984. The van der Waals surface area contributed by atoms with Gasteiger partial charge in [-0.3, -0.25) is 9.59 Å². The molecular formula is C20H24N2O5S. The van der Waals surface area contributed by atoms with Crippen LogP contribution in [0.25, 0.3) is 0 Å². The summed E-state index contributed by atoms with van der Waals surface area (Å²) in [6.45, 7) is 6.88. The molecule has 150 valence electrons. The zero-order valence-electron chi connectivity index (χ0n) is 16.3. The first kappa shape index (κ1) is 21.6. The van der Waals surface area contributed by atoms with Crippen LogP contribution in [-0.2, 0) is 10.0 Å². The zero-order chi connectivity index (χ0) is 20.9. The molecule has 0 aliphatic rings. The number of amides is 1. The number of hydrogen-bond donors (Lipinski definition) is 2. The number of nitrogens with one attached hydrogen (secondary N) is 2. The maximum Gasteiger partial charge on any atom is 0.255 e. The molecule has 0 spiro atoms. The number of Topliss-reactive ketones (excluding diaryl/α,β-unsaturated/α-hetero) is 1. The highest BCUT2D eigenvalue weighted by Gasteiger charge is 2.23. The van der Waals surface area contributed by atoms with Crippen molar-refractivity contribution in [2.45, 2.75) is 38.6 Å². The van der Waals surface area contributed by atoms with Gasteiger partial charge >= 0.3 is 0 Å². The van der Waals surface area contributed by atoms with Crippen molar-refractivity contribution in [2.75, 3.05) is 11.9 Å². The first-order valence-corrected chi connectivity index (χ1v) is 10.3. The molecule has 2 N–H and O–H groups in total. The van der Waals surface area contributed by atoms with Crippen LogP contribution in [-0.4, -0.2) is 32.8 Å². The Labute approximate surface area is 165 Å². The smallest absolute Gasteiger partial charge is 0.255 e. The van der Waals surface area contributed by atoms with Gasteiger partial charge in [-0.05, 0) is 58.0 Å². The van der Waals surface area contributed by atoms with Crippen molar-refractivity contribution in [1.29, 1.82) is 0 Å².